The highest BCUT2D eigenvalue weighted by Gasteiger charge is 2.31. The summed E-state index contributed by atoms with van der Waals surface area (Å²) in [6.07, 6.45) is 4.27. The first kappa shape index (κ1) is 16.8. The van der Waals surface area contributed by atoms with Gasteiger partial charge in [-0.15, -0.1) is 0 Å². The summed E-state index contributed by atoms with van der Waals surface area (Å²) < 4.78 is 34.4. The maximum Gasteiger partial charge on any atom is 0.341 e. The maximum atomic E-state index is 12.2. The fourth-order valence-corrected chi connectivity index (χ4v) is 4.20. The number of benzene rings is 1. The molecule has 1 aliphatic rings. The Kier molecular flexibility index (Phi) is 4.80. The van der Waals surface area contributed by atoms with E-state index in [4.69, 9.17) is 9.47 Å². The normalized spacial score (nSPS) is 21.6. The van der Waals surface area contributed by atoms with E-state index in [-0.39, 0.29) is 16.4 Å². The van der Waals surface area contributed by atoms with Crippen LogP contribution in [0.4, 0.5) is 0 Å². The van der Waals surface area contributed by atoms with Crippen LogP contribution in [0.3, 0.4) is 0 Å². The van der Waals surface area contributed by atoms with Crippen LogP contribution in [0.5, 0.6) is 5.75 Å². The molecule has 1 fully saturated rings. The van der Waals surface area contributed by atoms with Gasteiger partial charge < -0.3 is 9.47 Å². The molecule has 0 amide bonds. The summed E-state index contributed by atoms with van der Waals surface area (Å²) in [5.41, 5.74) is 0.886. The molecule has 2 atom stereocenters. The zero-order valence-corrected chi connectivity index (χ0v) is 14.2. The second-order valence-electron chi connectivity index (χ2n) is 5.87. The van der Waals surface area contributed by atoms with Crippen LogP contribution in [0.2, 0.25) is 0 Å². The van der Waals surface area contributed by atoms with E-state index in [0.717, 1.165) is 24.8 Å². The molecule has 6 heteroatoms. The summed E-state index contributed by atoms with van der Waals surface area (Å²) in [6, 6.07) is 3.08. The van der Waals surface area contributed by atoms with E-state index in [1.54, 1.807) is 6.07 Å². The Morgan fingerprint density at radius 2 is 1.91 bits per heavy atom. The molecule has 1 aromatic carbocycles. The van der Waals surface area contributed by atoms with Gasteiger partial charge in [0.15, 0.2) is 9.84 Å². The van der Waals surface area contributed by atoms with Gasteiger partial charge >= 0.3 is 5.97 Å². The third-order valence-corrected chi connectivity index (χ3v) is 5.55. The van der Waals surface area contributed by atoms with E-state index in [2.05, 4.69) is 6.92 Å². The first-order valence-corrected chi connectivity index (χ1v) is 9.19. The Hall–Kier alpha value is -1.56. The van der Waals surface area contributed by atoms with Crippen molar-refractivity contribution < 1.29 is 22.7 Å². The van der Waals surface area contributed by atoms with Gasteiger partial charge in [0.05, 0.1) is 19.1 Å². The summed E-state index contributed by atoms with van der Waals surface area (Å²) in [4.78, 5) is 12.1. The smallest absolute Gasteiger partial charge is 0.341 e. The van der Waals surface area contributed by atoms with Crippen molar-refractivity contribution in [2.24, 2.45) is 5.92 Å². The van der Waals surface area contributed by atoms with Crippen LogP contribution < -0.4 is 4.74 Å². The predicted octanol–water partition coefficient (Wildman–Crippen LogP) is 2.79. The molecule has 0 N–H and O–H groups in total. The molecule has 0 heterocycles. The monoisotopic (exact) mass is 326 g/mol. The van der Waals surface area contributed by atoms with Gasteiger partial charge in [-0.25, -0.2) is 13.2 Å². The summed E-state index contributed by atoms with van der Waals surface area (Å²) in [6.45, 7) is 2.13. The van der Waals surface area contributed by atoms with Crippen molar-refractivity contribution in [3.05, 3.63) is 23.3 Å². The average molecular weight is 326 g/mol. The number of hydrogen-bond donors (Lipinski definition) is 0. The molecule has 0 saturated heterocycles. The topological polar surface area (TPSA) is 69.7 Å². The highest BCUT2D eigenvalue weighted by atomic mass is 32.2. The summed E-state index contributed by atoms with van der Waals surface area (Å²) >= 11 is 0. The van der Waals surface area contributed by atoms with Crippen LogP contribution >= 0.6 is 0 Å². The fourth-order valence-electron chi connectivity index (χ4n) is 3.23. The molecule has 0 spiro atoms. The van der Waals surface area contributed by atoms with Gasteiger partial charge in [0.25, 0.3) is 0 Å². The molecule has 1 saturated carbocycles. The molecular formula is C16H22O5S. The van der Waals surface area contributed by atoms with Gasteiger partial charge in [0.2, 0.25) is 0 Å². The minimum absolute atomic E-state index is 0.139. The first-order chi connectivity index (χ1) is 10.3. The maximum absolute atomic E-state index is 12.2. The van der Waals surface area contributed by atoms with E-state index in [1.807, 2.05) is 0 Å². The molecule has 122 valence electrons. The Labute approximate surface area is 131 Å². The molecule has 1 aliphatic carbocycles. The lowest BCUT2D eigenvalue weighted by atomic mass is 9.89. The Balaban J connectivity index is 2.69. The third kappa shape index (κ3) is 3.11. The molecule has 0 aliphatic heterocycles. The van der Waals surface area contributed by atoms with Gasteiger partial charge in [-0.05, 0) is 36.0 Å². The fraction of sp³-hybridized carbons (Fsp3) is 0.562. The van der Waals surface area contributed by atoms with Gasteiger partial charge in [-0.3, -0.25) is 0 Å². The summed E-state index contributed by atoms with van der Waals surface area (Å²) in [5, 5.41) is 0. The molecule has 22 heavy (non-hydrogen) atoms. The van der Waals surface area contributed by atoms with E-state index < -0.39 is 15.8 Å². The SMILES string of the molecule is COC(=O)c1cc(S(C)(=O)=O)c(C2CCCC2C)cc1OC. The Morgan fingerprint density at radius 3 is 2.36 bits per heavy atom. The zero-order chi connectivity index (χ0) is 16.5. The van der Waals surface area contributed by atoms with Crippen molar-refractivity contribution in [2.75, 3.05) is 20.5 Å². The van der Waals surface area contributed by atoms with Crippen molar-refractivity contribution >= 4 is 15.8 Å². The second-order valence-corrected chi connectivity index (χ2v) is 7.85. The number of ether oxygens (including phenoxy) is 2. The molecular weight excluding hydrogens is 304 g/mol. The predicted molar refractivity (Wildman–Crippen MR) is 83.2 cm³/mol. The average Bonchev–Trinajstić information content (AvgIpc) is 2.90. The van der Waals surface area contributed by atoms with Gasteiger partial charge in [0, 0.05) is 6.26 Å². The highest BCUT2D eigenvalue weighted by Crippen LogP contribution is 2.43. The lowest BCUT2D eigenvalue weighted by Crippen LogP contribution is -2.13. The standard InChI is InChI=1S/C16H22O5S/c1-10-6-5-7-11(10)12-8-14(20-2)13(16(17)21-3)9-15(12)22(4,18)19/h8-11H,5-7H2,1-4H3. The van der Waals surface area contributed by atoms with Crippen molar-refractivity contribution in [3.8, 4) is 5.75 Å². The molecule has 0 bridgehead atoms. The molecule has 0 aromatic heterocycles. The van der Waals surface area contributed by atoms with Gasteiger partial charge in [0.1, 0.15) is 11.3 Å². The molecule has 2 rings (SSSR count). The van der Waals surface area contributed by atoms with Crippen LogP contribution in [-0.4, -0.2) is 34.9 Å². The number of rotatable bonds is 4. The van der Waals surface area contributed by atoms with Crippen LogP contribution in [0.15, 0.2) is 17.0 Å². The van der Waals surface area contributed by atoms with Crippen molar-refractivity contribution in [3.63, 3.8) is 0 Å². The summed E-state index contributed by atoms with van der Waals surface area (Å²) in [7, 11) is -0.726. The number of sulfone groups is 1. The Morgan fingerprint density at radius 1 is 1.23 bits per heavy atom. The van der Waals surface area contributed by atoms with Crippen LogP contribution in [-0.2, 0) is 14.6 Å². The minimum Gasteiger partial charge on any atom is -0.496 e. The number of methoxy groups -OCH3 is 2. The van der Waals surface area contributed by atoms with Gasteiger partial charge in [-0.2, -0.15) is 0 Å². The van der Waals surface area contributed by atoms with Gasteiger partial charge in [-0.1, -0.05) is 19.8 Å². The highest BCUT2D eigenvalue weighted by molar-refractivity contribution is 7.90. The quantitative estimate of drug-likeness (QED) is 0.796. The van der Waals surface area contributed by atoms with E-state index in [1.165, 1.54) is 26.5 Å². The minimum atomic E-state index is -3.45. The molecule has 0 radical (unpaired) electrons. The Bertz CT molecular complexity index is 678. The van der Waals surface area contributed by atoms with Crippen LogP contribution in [0, 0.1) is 5.92 Å². The van der Waals surface area contributed by atoms with Crippen LogP contribution in [0.25, 0.3) is 0 Å². The van der Waals surface area contributed by atoms with E-state index >= 15 is 0 Å². The zero-order valence-electron chi connectivity index (χ0n) is 13.4. The number of carbonyl (C=O) groups excluding carboxylic acids is 1. The largest absolute Gasteiger partial charge is 0.496 e. The number of carbonyl (C=O) groups is 1. The molecule has 5 nitrogen and oxygen atoms in total. The van der Waals surface area contributed by atoms with E-state index in [0.29, 0.717) is 11.7 Å². The second kappa shape index (κ2) is 6.28. The molecule has 2 unspecified atom stereocenters. The van der Waals surface area contributed by atoms with Crippen molar-refractivity contribution in [2.45, 2.75) is 37.0 Å². The lowest BCUT2D eigenvalue weighted by Gasteiger charge is -2.21. The molecule has 1 aromatic rings. The third-order valence-electron chi connectivity index (χ3n) is 4.40. The van der Waals surface area contributed by atoms with E-state index in [9.17, 15) is 13.2 Å². The van der Waals surface area contributed by atoms with Crippen molar-refractivity contribution in [1.29, 1.82) is 0 Å². The number of esters is 1. The van der Waals surface area contributed by atoms with Crippen LogP contribution in [0.1, 0.15) is 48.0 Å². The lowest BCUT2D eigenvalue weighted by molar-refractivity contribution is 0.0596. The summed E-state index contributed by atoms with van der Waals surface area (Å²) in [5.74, 6) is 0.334. The van der Waals surface area contributed by atoms with Crippen molar-refractivity contribution in [1.82, 2.24) is 0 Å². The first-order valence-electron chi connectivity index (χ1n) is 7.30. The number of hydrogen-bond acceptors (Lipinski definition) is 5.